The number of nitrogens with zero attached hydrogens (tertiary/aromatic N) is 1. The zero-order chi connectivity index (χ0) is 15.3. The van der Waals surface area contributed by atoms with Crippen LogP contribution in [0.4, 0.5) is 11.4 Å². The smallest absolute Gasteiger partial charge is 0.338 e. The molecule has 6 nitrogen and oxygen atoms in total. The lowest BCUT2D eigenvalue weighted by molar-refractivity contribution is 0.0526. The van der Waals surface area contributed by atoms with E-state index in [-0.39, 0.29) is 5.75 Å². The number of nitrogen functional groups attached to an aromatic ring is 1. The number of ether oxygens (including phenoxy) is 1. The van der Waals surface area contributed by atoms with Gasteiger partial charge in [0.05, 0.1) is 29.3 Å². The summed E-state index contributed by atoms with van der Waals surface area (Å²) in [6, 6.07) is 4.83. The van der Waals surface area contributed by atoms with E-state index in [1.807, 2.05) is 0 Å². The minimum Gasteiger partial charge on any atom is -0.462 e. The van der Waals surface area contributed by atoms with E-state index in [1.54, 1.807) is 31.0 Å². The third kappa shape index (κ3) is 4.73. The SMILES string of the molecule is CCOC(=O)c1ccc(N(C)CCS(C)(=O)=O)c(N)c1. The first-order valence-corrected chi connectivity index (χ1v) is 8.26. The number of benzene rings is 1. The van der Waals surface area contributed by atoms with Crippen LogP contribution in [0.1, 0.15) is 17.3 Å². The van der Waals surface area contributed by atoms with Crippen molar-refractivity contribution in [3.05, 3.63) is 23.8 Å². The predicted molar refractivity (Wildman–Crippen MR) is 79.8 cm³/mol. The fourth-order valence-corrected chi connectivity index (χ4v) is 2.27. The molecule has 0 unspecified atom stereocenters. The Morgan fingerprint density at radius 2 is 2.05 bits per heavy atom. The van der Waals surface area contributed by atoms with Crippen molar-refractivity contribution in [2.75, 3.05) is 42.8 Å². The molecule has 1 rings (SSSR count). The van der Waals surface area contributed by atoms with Crippen LogP contribution in [0.2, 0.25) is 0 Å². The van der Waals surface area contributed by atoms with Gasteiger partial charge in [-0.2, -0.15) is 0 Å². The molecular formula is C13H20N2O4S. The highest BCUT2D eigenvalue weighted by molar-refractivity contribution is 7.90. The first kappa shape index (κ1) is 16.3. The maximum Gasteiger partial charge on any atom is 0.338 e. The average Bonchev–Trinajstić information content (AvgIpc) is 2.35. The molecular weight excluding hydrogens is 280 g/mol. The monoisotopic (exact) mass is 300 g/mol. The average molecular weight is 300 g/mol. The number of hydrogen-bond acceptors (Lipinski definition) is 6. The molecule has 0 bridgehead atoms. The maximum absolute atomic E-state index is 11.6. The van der Waals surface area contributed by atoms with Crippen molar-refractivity contribution in [2.45, 2.75) is 6.92 Å². The molecule has 0 aliphatic heterocycles. The molecule has 0 amide bonds. The summed E-state index contributed by atoms with van der Waals surface area (Å²) in [6.45, 7) is 2.37. The minimum atomic E-state index is -3.03. The van der Waals surface area contributed by atoms with Crippen molar-refractivity contribution in [2.24, 2.45) is 0 Å². The van der Waals surface area contributed by atoms with Gasteiger partial charge in [-0.15, -0.1) is 0 Å². The zero-order valence-corrected chi connectivity index (χ0v) is 12.7. The Morgan fingerprint density at radius 3 is 2.55 bits per heavy atom. The van der Waals surface area contributed by atoms with Crippen molar-refractivity contribution < 1.29 is 17.9 Å². The Bertz CT molecular complexity index is 584. The maximum atomic E-state index is 11.6. The summed E-state index contributed by atoms with van der Waals surface area (Å²) in [5.41, 5.74) is 7.37. The van der Waals surface area contributed by atoms with E-state index >= 15 is 0 Å². The molecule has 7 heteroatoms. The van der Waals surface area contributed by atoms with Crippen LogP contribution in [0.5, 0.6) is 0 Å². The highest BCUT2D eigenvalue weighted by atomic mass is 32.2. The van der Waals surface area contributed by atoms with E-state index in [2.05, 4.69) is 0 Å². The summed E-state index contributed by atoms with van der Waals surface area (Å²) >= 11 is 0. The molecule has 0 atom stereocenters. The number of carbonyl (C=O) groups is 1. The summed E-state index contributed by atoms with van der Waals surface area (Å²) in [5, 5.41) is 0. The number of anilines is 2. The standard InChI is InChI=1S/C13H20N2O4S/c1-4-19-13(16)10-5-6-12(11(14)9-10)15(2)7-8-20(3,17)18/h5-6,9H,4,7-8,14H2,1-3H3. The molecule has 0 spiro atoms. The van der Waals surface area contributed by atoms with Gasteiger partial charge in [-0.1, -0.05) is 0 Å². The van der Waals surface area contributed by atoms with Crippen LogP contribution >= 0.6 is 0 Å². The van der Waals surface area contributed by atoms with Crippen LogP contribution in [-0.2, 0) is 14.6 Å². The Kier molecular flexibility index (Phi) is 5.38. The van der Waals surface area contributed by atoms with E-state index in [9.17, 15) is 13.2 Å². The number of hydrogen-bond donors (Lipinski definition) is 1. The molecule has 0 fully saturated rings. The van der Waals surface area contributed by atoms with Gasteiger partial charge in [0.1, 0.15) is 9.84 Å². The Hall–Kier alpha value is -1.76. The van der Waals surface area contributed by atoms with E-state index in [0.29, 0.717) is 30.1 Å². The quantitative estimate of drug-likeness (QED) is 0.621. The van der Waals surface area contributed by atoms with Crippen LogP contribution in [0.15, 0.2) is 18.2 Å². The molecule has 0 aliphatic carbocycles. The van der Waals surface area contributed by atoms with Gasteiger partial charge in [0.15, 0.2) is 0 Å². The molecule has 0 aliphatic rings. The van der Waals surface area contributed by atoms with Crippen LogP contribution < -0.4 is 10.6 Å². The van der Waals surface area contributed by atoms with Crippen molar-refractivity contribution in [1.82, 2.24) is 0 Å². The first-order valence-electron chi connectivity index (χ1n) is 6.20. The Morgan fingerprint density at radius 1 is 1.40 bits per heavy atom. The minimum absolute atomic E-state index is 0.0442. The lowest BCUT2D eigenvalue weighted by Gasteiger charge is -2.21. The summed E-state index contributed by atoms with van der Waals surface area (Å²) in [7, 11) is -1.27. The van der Waals surface area contributed by atoms with Crippen LogP contribution in [-0.4, -0.2) is 46.6 Å². The highest BCUT2D eigenvalue weighted by Gasteiger charge is 2.12. The molecule has 1 aromatic rings. The third-order valence-corrected chi connectivity index (χ3v) is 3.67. The molecule has 112 valence electrons. The second kappa shape index (κ2) is 6.60. The molecule has 0 saturated heterocycles. The topological polar surface area (TPSA) is 89.7 Å². The van der Waals surface area contributed by atoms with Gasteiger partial charge in [-0.05, 0) is 25.1 Å². The van der Waals surface area contributed by atoms with Gasteiger partial charge in [-0.3, -0.25) is 0 Å². The van der Waals surface area contributed by atoms with Crippen molar-refractivity contribution in [1.29, 1.82) is 0 Å². The lowest BCUT2D eigenvalue weighted by atomic mass is 10.1. The van der Waals surface area contributed by atoms with Gasteiger partial charge in [0.2, 0.25) is 0 Å². The van der Waals surface area contributed by atoms with Crippen molar-refractivity contribution >= 4 is 27.2 Å². The fraction of sp³-hybridized carbons (Fsp3) is 0.462. The van der Waals surface area contributed by atoms with Gasteiger partial charge in [0, 0.05) is 19.8 Å². The highest BCUT2D eigenvalue weighted by Crippen LogP contribution is 2.23. The van der Waals surface area contributed by atoms with Gasteiger partial charge in [0.25, 0.3) is 0 Å². The summed E-state index contributed by atoms with van der Waals surface area (Å²) in [4.78, 5) is 13.3. The molecule has 0 radical (unpaired) electrons. The molecule has 0 heterocycles. The fourth-order valence-electron chi connectivity index (χ4n) is 1.67. The second-order valence-corrected chi connectivity index (χ2v) is 6.81. The zero-order valence-electron chi connectivity index (χ0n) is 11.9. The Balaban J connectivity index is 2.84. The number of sulfone groups is 1. The molecule has 20 heavy (non-hydrogen) atoms. The largest absolute Gasteiger partial charge is 0.462 e. The normalized spacial score (nSPS) is 11.2. The Labute approximate surface area is 119 Å². The van der Waals surface area contributed by atoms with E-state index < -0.39 is 15.8 Å². The second-order valence-electron chi connectivity index (χ2n) is 4.55. The van der Waals surface area contributed by atoms with Crippen LogP contribution in [0.25, 0.3) is 0 Å². The van der Waals surface area contributed by atoms with Gasteiger partial charge >= 0.3 is 5.97 Å². The summed E-state index contributed by atoms with van der Waals surface area (Å²) in [5.74, 6) is -0.382. The third-order valence-electron chi connectivity index (χ3n) is 2.75. The van der Waals surface area contributed by atoms with Crippen LogP contribution in [0.3, 0.4) is 0 Å². The van der Waals surface area contributed by atoms with Gasteiger partial charge < -0.3 is 15.4 Å². The number of nitrogens with two attached hydrogens (primary N) is 1. The number of esters is 1. The first-order chi connectivity index (χ1) is 9.24. The summed E-state index contributed by atoms with van der Waals surface area (Å²) in [6.07, 6.45) is 1.19. The van der Waals surface area contributed by atoms with Gasteiger partial charge in [-0.25, -0.2) is 13.2 Å². The molecule has 2 N–H and O–H groups in total. The summed E-state index contributed by atoms with van der Waals surface area (Å²) < 4.78 is 27.2. The molecule has 0 aromatic heterocycles. The molecule has 0 saturated carbocycles. The van der Waals surface area contributed by atoms with Crippen LogP contribution in [0, 0.1) is 0 Å². The van der Waals surface area contributed by atoms with Crippen molar-refractivity contribution in [3.63, 3.8) is 0 Å². The van der Waals surface area contributed by atoms with E-state index in [1.165, 1.54) is 12.3 Å². The number of carbonyl (C=O) groups excluding carboxylic acids is 1. The molecule has 1 aromatic carbocycles. The lowest BCUT2D eigenvalue weighted by Crippen LogP contribution is -2.25. The number of rotatable bonds is 6. The van der Waals surface area contributed by atoms with E-state index in [0.717, 1.165) is 0 Å². The predicted octanol–water partition coefficient (Wildman–Crippen LogP) is 0.926. The van der Waals surface area contributed by atoms with E-state index in [4.69, 9.17) is 10.5 Å². The van der Waals surface area contributed by atoms with Crippen molar-refractivity contribution in [3.8, 4) is 0 Å².